The molecule has 14 heavy (non-hydrogen) atoms. The zero-order valence-corrected chi connectivity index (χ0v) is 9.25. The molecule has 0 amide bonds. The second kappa shape index (κ2) is 5.60. The van der Waals surface area contributed by atoms with Crippen LogP contribution in [0.4, 0.5) is 0 Å². The van der Waals surface area contributed by atoms with Gasteiger partial charge in [0.15, 0.2) is 0 Å². The fourth-order valence-electron chi connectivity index (χ4n) is 1.22. The fraction of sp³-hybridized carbons (Fsp3) is 0.545. The van der Waals surface area contributed by atoms with E-state index in [1.54, 1.807) is 0 Å². The van der Waals surface area contributed by atoms with Crippen LogP contribution in [-0.4, -0.2) is 22.6 Å². The molecular weight excluding hydrogens is 174 g/mol. The van der Waals surface area contributed by atoms with Gasteiger partial charge in [-0.2, -0.15) is 0 Å². The highest BCUT2D eigenvalue weighted by molar-refractivity contribution is 4.95. The molecule has 1 aromatic rings. The van der Waals surface area contributed by atoms with Crippen molar-refractivity contribution in [2.45, 2.75) is 20.3 Å². The van der Waals surface area contributed by atoms with Crippen molar-refractivity contribution >= 4 is 0 Å². The number of allylic oxidation sites excluding steroid dienone is 1. The number of imidazole rings is 1. The molecule has 1 heterocycles. The molecule has 1 aromatic heterocycles. The van der Waals surface area contributed by atoms with Crippen molar-refractivity contribution < 1.29 is 0 Å². The smallest absolute Gasteiger partial charge is 0.109 e. The van der Waals surface area contributed by atoms with Crippen LogP contribution in [0, 0.1) is 0 Å². The van der Waals surface area contributed by atoms with Gasteiger partial charge < -0.3 is 9.88 Å². The molecule has 0 saturated heterocycles. The molecule has 3 nitrogen and oxygen atoms in total. The van der Waals surface area contributed by atoms with Crippen molar-refractivity contribution in [3.05, 3.63) is 29.9 Å². The number of hydrogen-bond acceptors (Lipinski definition) is 2. The molecule has 0 aromatic carbocycles. The quantitative estimate of drug-likeness (QED) is 0.567. The molecule has 0 saturated carbocycles. The molecule has 78 valence electrons. The van der Waals surface area contributed by atoms with Crippen molar-refractivity contribution in [2.24, 2.45) is 7.05 Å². The first-order valence-electron chi connectivity index (χ1n) is 5.00. The van der Waals surface area contributed by atoms with Gasteiger partial charge in [0.2, 0.25) is 0 Å². The lowest BCUT2D eigenvalue weighted by molar-refractivity contribution is 0.692. The van der Waals surface area contributed by atoms with Gasteiger partial charge >= 0.3 is 0 Å². The minimum absolute atomic E-state index is 0.951. The predicted molar refractivity (Wildman–Crippen MR) is 59.2 cm³/mol. The van der Waals surface area contributed by atoms with Gasteiger partial charge in [0, 0.05) is 39.0 Å². The molecule has 1 rings (SSSR count). The lowest BCUT2D eigenvalue weighted by atomic mass is 10.3. The maximum Gasteiger partial charge on any atom is 0.109 e. The molecule has 0 unspecified atom stereocenters. The van der Waals surface area contributed by atoms with Crippen LogP contribution in [0.2, 0.25) is 0 Å². The highest BCUT2D eigenvalue weighted by atomic mass is 15.0. The summed E-state index contributed by atoms with van der Waals surface area (Å²) in [6, 6.07) is 0. The van der Waals surface area contributed by atoms with Gasteiger partial charge in [-0.3, -0.25) is 0 Å². The SMILES string of the molecule is CC(C)=CCNCCc1nccn1C. The number of rotatable bonds is 5. The minimum atomic E-state index is 0.951. The largest absolute Gasteiger partial charge is 0.338 e. The fourth-order valence-corrected chi connectivity index (χ4v) is 1.22. The Hall–Kier alpha value is -1.09. The zero-order valence-electron chi connectivity index (χ0n) is 9.25. The van der Waals surface area contributed by atoms with E-state index >= 15 is 0 Å². The van der Waals surface area contributed by atoms with E-state index < -0.39 is 0 Å². The summed E-state index contributed by atoms with van der Waals surface area (Å²) in [6.07, 6.45) is 7.00. The topological polar surface area (TPSA) is 29.9 Å². The van der Waals surface area contributed by atoms with Crippen molar-refractivity contribution in [3.63, 3.8) is 0 Å². The lowest BCUT2D eigenvalue weighted by Gasteiger charge is -2.02. The summed E-state index contributed by atoms with van der Waals surface area (Å²) in [5.41, 5.74) is 1.36. The van der Waals surface area contributed by atoms with E-state index in [2.05, 4.69) is 34.8 Å². The molecular formula is C11H19N3. The molecule has 0 atom stereocenters. The molecule has 0 aliphatic heterocycles. The molecule has 0 aliphatic rings. The van der Waals surface area contributed by atoms with E-state index in [-0.39, 0.29) is 0 Å². The third kappa shape index (κ3) is 3.75. The van der Waals surface area contributed by atoms with Gasteiger partial charge in [0.25, 0.3) is 0 Å². The highest BCUT2D eigenvalue weighted by Crippen LogP contribution is 1.94. The molecule has 0 bridgehead atoms. The van der Waals surface area contributed by atoms with E-state index in [9.17, 15) is 0 Å². The van der Waals surface area contributed by atoms with Crippen LogP contribution < -0.4 is 5.32 Å². The van der Waals surface area contributed by atoms with Crippen molar-refractivity contribution in [3.8, 4) is 0 Å². The second-order valence-corrected chi connectivity index (χ2v) is 3.69. The first-order chi connectivity index (χ1) is 6.70. The number of hydrogen-bond donors (Lipinski definition) is 1. The van der Waals surface area contributed by atoms with E-state index in [0.29, 0.717) is 0 Å². The number of aryl methyl sites for hydroxylation is 1. The van der Waals surface area contributed by atoms with E-state index in [4.69, 9.17) is 0 Å². The van der Waals surface area contributed by atoms with E-state index in [1.807, 2.05) is 19.4 Å². The maximum absolute atomic E-state index is 4.26. The zero-order chi connectivity index (χ0) is 10.4. The van der Waals surface area contributed by atoms with Gasteiger partial charge in [0.1, 0.15) is 5.82 Å². The summed E-state index contributed by atoms with van der Waals surface area (Å²) in [6.45, 7) is 6.16. The average Bonchev–Trinajstić information content (AvgIpc) is 2.51. The van der Waals surface area contributed by atoms with E-state index in [1.165, 1.54) is 5.57 Å². The molecule has 0 spiro atoms. The summed E-state index contributed by atoms with van der Waals surface area (Å²) in [7, 11) is 2.03. The van der Waals surface area contributed by atoms with Crippen LogP contribution in [0.15, 0.2) is 24.0 Å². The first-order valence-corrected chi connectivity index (χ1v) is 5.00. The van der Waals surface area contributed by atoms with E-state index in [0.717, 1.165) is 25.3 Å². The van der Waals surface area contributed by atoms with Crippen molar-refractivity contribution in [2.75, 3.05) is 13.1 Å². The molecule has 0 radical (unpaired) electrons. The number of nitrogens with zero attached hydrogens (tertiary/aromatic N) is 2. The third-order valence-corrected chi connectivity index (χ3v) is 2.10. The Balaban J connectivity index is 2.16. The summed E-state index contributed by atoms with van der Waals surface area (Å²) in [4.78, 5) is 4.26. The molecule has 1 N–H and O–H groups in total. The Kier molecular flexibility index (Phi) is 4.40. The Bertz CT molecular complexity index is 295. The van der Waals surface area contributed by atoms with Gasteiger partial charge in [-0.05, 0) is 13.8 Å². The summed E-state index contributed by atoms with van der Waals surface area (Å²) in [5.74, 6) is 1.13. The Labute approximate surface area is 85.8 Å². The van der Waals surface area contributed by atoms with Crippen LogP contribution in [0.1, 0.15) is 19.7 Å². The maximum atomic E-state index is 4.26. The molecule has 0 aliphatic carbocycles. The summed E-state index contributed by atoms with van der Waals surface area (Å²) >= 11 is 0. The van der Waals surface area contributed by atoms with Crippen LogP contribution in [0.3, 0.4) is 0 Å². The van der Waals surface area contributed by atoms with Gasteiger partial charge in [-0.1, -0.05) is 11.6 Å². The van der Waals surface area contributed by atoms with Crippen LogP contribution in [0.25, 0.3) is 0 Å². The Morgan fingerprint density at radius 1 is 1.57 bits per heavy atom. The highest BCUT2D eigenvalue weighted by Gasteiger charge is 1.96. The van der Waals surface area contributed by atoms with Gasteiger partial charge in [0.05, 0.1) is 0 Å². The second-order valence-electron chi connectivity index (χ2n) is 3.69. The van der Waals surface area contributed by atoms with Crippen molar-refractivity contribution in [1.29, 1.82) is 0 Å². The average molecular weight is 193 g/mol. The van der Waals surface area contributed by atoms with Crippen LogP contribution in [-0.2, 0) is 13.5 Å². The molecule has 0 fully saturated rings. The predicted octanol–water partition coefficient (Wildman–Crippen LogP) is 1.52. The lowest BCUT2D eigenvalue weighted by Crippen LogP contribution is -2.18. The Morgan fingerprint density at radius 2 is 2.36 bits per heavy atom. The van der Waals surface area contributed by atoms with Crippen LogP contribution >= 0.6 is 0 Å². The van der Waals surface area contributed by atoms with Gasteiger partial charge in [-0.15, -0.1) is 0 Å². The summed E-state index contributed by atoms with van der Waals surface area (Å²) < 4.78 is 2.06. The Morgan fingerprint density at radius 3 is 2.93 bits per heavy atom. The normalized spacial score (nSPS) is 10.2. The monoisotopic (exact) mass is 193 g/mol. The first kappa shape index (κ1) is 11.0. The van der Waals surface area contributed by atoms with Crippen molar-refractivity contribution in [1.82, 2.24) is 14.9 Å². The minimum Gasteiger partial charge on any atom is -0.338 e. The third-order valence-electron chi connectivity index (χ3n) is 2.10. The number of aromatic nitrogens is 2. The van der Waals surface area contributed by atoms with Gasteiger partial charge in [-0.25, -0.2) is 4.98 Å². The summed E-state index contributed by atoms with van der Waals surface area (Å²) in [5, 5.41) is 3.35. The standard InChI is InChI=1S/C11H19N3/c1-10(2)4-6-12-7-5-11-13-8-9-14(11)3/h4,8-9,12H,5-7H2,1-3H3. The van der Waals surface area contributed by atoms with Crippen LogP contribution in [0.5, 0.6) is 0 Å². The number of nitrogens with one attached hydrogen (secondary N) is 1. The molecule has 3 heteroatoms.